The summed E-state index contributed by atoms with van der Waals surface area (Å²) in [6, 6.07) is 28.4. The summed E-state index contributed by atoms with van der Waals surface area (Å²) in [4.78, 5) is 32.8. The van der Waals surface area contributed by atoms with Crippen molar-refractivity contribution in [3.05, 3.63) is 118 Å². The topological polar surface area (TPSA) is 87.8 Å². The third-order valence-electron chi connectivity index (χ3n) is 8.19. The summed E-state index contributed by atoms with van der Waals surface area (Å²) in [5, 5.41) is 0. The zero-order valence-corrected chi connectivity index (χ0v) is 27.1. The van der Waals surface area contributed by atoms with E-state index in [1.807, 2.05) is 99.6 Å². The first-order valence-corrected chi connectivity index (χ1v) is 15.8. The summed E-state index contributed by atoms with van der Waals surface area (Å²) in [5.41, 5.74) is 3.37. The molecule has 0 unspecified atom stereocenters. The molecular formula is C37H39FN4O5. The van der Waals surface area contributed by atoms with Gasteiger partial charge in [0.05, 0.1) is 11.0 Å². The summed E-state index contributed by atoms with van der Waals surface area (Å²) in [6.45, 7) is 6.45. The molecule has 1 aliphatic heterocycles. The van der Waals surface area contributed by atoms with Crippen LogP contribution < -0.4 is 15.2 Å². The number of imidazole rings is 1. The molecule has 0 spiro atoms. The van der Waals surface area contributed by atoms with Gasteiger partial charge in [-0.15, -0.1) is 0 Å². The zero-order chi connectivity index (χ0) is 33.1. The quantitative estimate of drug-likeness (QED) is 0.183. The van der Waals surface area contributed by atoms with Crippen molar-refractivity contribution in [3.8, 4) is 17.4 Å². The fourth-order valence-electron chi connectivity index (χ4n) is 5.78. The van der Waals surface area contributed by atoms with Gasteiger partial charge in [-0.25, -0.2) is 14.0 Å². The van der Waals surface area contributed by atoms with Crippen LogP contribution in [0.3, 0.4) is 0 Å². The van der Waals surface area contributed by atoms with Gasteiger partial charge in [0, 0.05) is 32.1 Å². The molecular weight excluding hydrogens is 599 g/mol. The van der Waals surface area contributed by atoms with E-state index in [9.17, 15) is 9.59 Å². The van der Waals surface area contributed by atoms with E-state index in [2.05, 4.69) is 4.98 Å². The SMILES string of the molecule is Cn1c(=O)n(-c2ccc(OCc3ccccc3)nc2OCc2ccccc2)c2ccc([C@@H]3CN(C(=O)OC(C)(C)C)CC[C@H]3F)cc21. The van der Waals surface area contributed by atoms with Gasteiger partial charge in [0.1, 0.15) is 30.7 Å². The molecule has 5 aromatic rings. The average molecular weight is 639 g/mol. The first-order chi connectivity index (χ1) is 22.6. The Bertz CT molecular complexity index is 1920. The second-order valence-electron chi connectivity index (χ2n) is 12.8. The first-order valence-electron chi connectivity index (χ1n) is 15.8. The number of aromatic nitrogens is 3. The molecule has 1 amide bonds. The lowest BCUT2D eigenvalue weighted by Crippen LogP contribution is -2.45. The summed E-state index contributed by atoms with van der Waals surface area (Å²) in [6.07, 6.45) is -1.40. The van der Waals surface area contributed by atoms with Gasteiger partial charge in [-0.05, 0) is 62.1 Å². The third kappa shape index (κ3) is 7.16. The van der Waals surface area contributed by atoms with Crippen molar-refractivity contribution in [2.75, 3.05) is 13.1 Å². The summed E-state index contributed by atoms with van der Waals surface area (Å²) in [5.74, 6) is 0.0332. The van der Waals surface area contributed by atoms with Crippen molar-refractivity contribution < 1.29 is 23.4 Å². The molecule has 9 nitrogen and oxygen atoms in total. The van der Waals surface area contributed by atoms with Gasteiger partial charge >= 0.3 is 11.8 Å². The van der Waals surface area contributed by atoms with E-state index in [4.69, 9.17) is 14.2 Å². The molecule has 0 radical (unpaired) electrons. The van der Waals surface area contributed by atoms with Crippen LogP contribution in [-0.4, -0.2) is 50.0 Å². The number of carbonyl (C=O) groups is 1. The monoisotopic (exact) mass is 638 g/mol. The number of carbonyl (C=O) groups excluding carboxylic acids is 1. The Morgan fingerprint density at radius 1 is 0.894 bits per heavy atom. The highest BCUT2D eigenvalue weighted by Gasteiger charge is 2.35. The van der Waals surface area contributed by atoms with Crippen molar-refractivity contribution in [1.29, 1.82) is 0 Å². The first kappa shape index (κ1) is 31.8. The fraction of sp³-hybridized carbons (Fsp3) is 0.324. The minimum absolute atomic E-state index is 0.183. The lowest BCUT2D eigenvalue weighted by molar-refractivity contribution is 0.0135. The van der Waals surface area contributed by atoms with E-state index in [1.165, 1.54) is 4.57 Å². The van der Waals surface area contributed by atoms with Gasteiger partial charge in [0.2, 0.25) is 11.8 Å². The number of aryl methyl sites for hydroxylation is 1. The number of rotatable bonds is 8. The number of hydrogen-bond donors (Lipinski definition) is 0. The third-order valence-corrected chi connectivity index (χ3v) is 8.19. The molecule has 47 heavy (non-hydrogen) atoms. The number of amides is 1. The van der Waals surface area contributed by atoms with Gasteiger partial charge in [0.15, 0.2) is 0 Å². The summed E-state index contributed by atoms with van der Waals surface area (Å²) in [7, 11) is 1.68. The molecule has 0 bridgehead atoms. The smallest absolute Gasteiger partial charge is 0.410 e. The van der Waals surface area contributed by atoms with Gasteiger partial charge in [-0.1, -0.05) is 66.7 Å². The highest BCUT2D eigenvalue weighted by Crippen LogP contribution is 2.34. The number of piperidine rings is 1. The second kappa shape index (κ2) is 13.3. The predicted octanol–water partition coefficient (Wildman–Crippen LogP) is 6.94. The Labute approximate surface area is 273 Å². The van der Waals surface area contributed by atoms with Crippen LogP contribution in [0, 0.1) is 0 Å². The maximum atomic E-state index is 15.4. The van der Waals surface area contributed by atoms with Crippen LogP contribution in [0.25, 0.3) is 16.7 Å². The van der Waals surface area contributed by atoms with Gasteiger partial charge in [-0.2, -0.15) is 4.98 Å². The van der Waals surface area contributed by atoms with E-state index >= 15 is 4.39 Å². The Hall–Kier alpha value is -5.12. The minimum atomic E-state index is -1.14. The largest absolute Gasteiger partial charge is 0.473 e. The number of halogens is 1. The highest BCUT2D eigenvalue weighted by atomic mass is 19.1. The lowest BCUT2D eigenvalue weighted by atomic mass is 9.89. The maximum Gasteiger partial charge on any atom is 0.410 e. The van der Waals surface area contributed by atoms with Crippen LogP contribution in [0.4, 0.5) is 9.18 Å². The molecule has 6 rings (SSSR count). The maximum absolute atomic E-state index is 15.4. The molecule has 3 heterocycles. The highest BCUT2D eigenvalue weighted by molar-refractivity contribution is 5.80. The number of benzene rings is 3. The molecule has 2 atom stereocenters. The van der Waals surface area contributed by atoms with Crippen molar-refractivity contribution in [1.82, 2.24) is 19.0 Å². The molecule has 3 aromatic carbocycles. The van der Waals surface area contributed by atoms with Gasteiger partial charge in [0.25, 0.3) is 0 Å². The number of alkyl halides is 1. The number of fused-ring (bicyclic) bond motifs is 1. The van der Waals surface area contributed by atoms with Crippen LogP contribution in [-0.2, 0) is 25.0 Å². The standard InChI is InChI=1S/C37H39FN4O5/c1-37(2,3)47-36(44)41-20-19-29(38)28(22-41)27-15-16-30-32(21-27)40(4)35(43)42(30)31-17-18-33(45-23-25-11-7-5-8-12-25)39-34(31)46-24-26-13-9-6-10-14-26/h5-18,21,28-29H,19-20,22-24H2,1-4H3/t28-,29+/m0/s1. The summed E-state index contributed by atoms with van der Waals surface area (Å²) >= 11 is 0. The molecule has 0 aliphatic carbocycles. The van der Waals surface area contributed by atoms with Crippen LogP contribution in [0.2, 0.25) is 0 Å². The lowest BCUT2D eigenvalue weighted by Gasteiger charge is -2.36. The number of nitrogens with zero attached hydrogens (tertiary/aromatic N) is 4. The van der Waals surface area contributed by atoms with Crippen LogP contribution in [0.1, 0.15) is 49.8 Å². The van der Waals surface area contributed by atoms with Crippen molar-refractivity contribution in [2.24, 2.45) is 7.05 Å². The van der Waals surface area contributed by atoms with Crippen molar-refractivity contribution in [3.63, 3.8) is 0 Å². The van der Waals surface area contributed by atoms with E-state index in [1.54, 1.807) is 28.6 Å². The normalized spacial score (nSPS) is 16.7. The zero-order valence-electron chi connectivity index (χ0n) is 27.1. The molecule has 244 valence electrons. The molecule has 0 saturated carbocycles. The number of pyridine rings is 1. The van der Waals surface area contributed by atoms with Crippen LogP contribution in [0.5, 0.6) is 11.8 Å². The Kier molecular flexibility index (Phi) is 9.02. The Morgan fingerprint density at radius 2 is 1.55 bits per heavy atom. The predicted molar refractivity (Wildman–Crippen MR) is 178 cm³/mol. The van der Waals surface area contributed by atoms with Gasteiger partial charge < -0.3 is 19.1 Å². The average Bonchev–Trinajstić information content (AvgIpc) is 3.31. The fourth-order valence-corrected chi connectivity index (χ4v) is 5.78. The minimum Gasteiger partial charge on any atom is -0.473 e. The Morgan fingerprint density at radius 3 is 2.21 bits per heavy atom. The molecule has 10 heteroatoms. The van der Waals surface area contributed by atoms with E-state index < -0.39 is 23.8 Å². The number of likely N-dealkylation sites (tertiary alicyclic amines) is 1. The van der Waals surface area contributed by atoms with E-state index in [-0.39, 0.29) is 37.7 Å². The molecule has 1 saturated heterocycles. The van der Waals surface area contributed by atoms with E-state index in [0.717, 1.165) is 11.1 Å². The molecule has 0 N–H and O–H groups in total. The summed E-state index contributed by atoms with van der Waals surface area (Å²) < 4.78 is 36.2. The van der Waals surface area contributed by atoms with Crippen molar-refractivity contribution >= 4 is 17.1 Å². The van der Waals surface area contributed by atoms with Crippen LogP contribution in [0.15, 0.2) is 95.8 Å². The van der Waals surface area contributed by atoms with E-state index in [0.29, 0.717) is 34.8 Å². The number of hydrogen-bond acceptors (Lipinski definition) is 6. The number of ether oxygens (including phenoxy) is 3. The molecule has 2 aromatic heterocycles. The molecule has 1 aliphatic rings. The Balaban J connectivity index is 1.34. The van der Waals surface area contributed by atoms with Crippen molar-refractivity contribution in [2.45, 2.75) is 58.1 Å². The molecule has 1 fully saturated rings. The van der Waals surface area contributed by atoms with Crippen LogP contribution >= 0.6 is 0 Å². The van der Waals surface area contributed by atoms with Gasteiger partial charge in [-0.3, -0.25) is 9.13 Å². The second-order valence-corrected chi connectivity index (χ2v) is 12.8.